The molecule has 21 heavy (non-hydrogen) atoms. The predicted octanol–water partition coefficient (Wildman–Crippen LogP) is 2.17. The fraction of sp³-hybridized carbons (Fsp3) is 0.429. The number of rotatable bonds is 5. The van der Waals surface area contributed by atoms with Gasteiger partial charge >= 0.3 is 5.97 Å². The van der Waals surface area contributed by atoms with E-state index in [1.165, 1.54) is 24.3 Å². The molecule has 0 radical (unpaired) electrons. The molecule has 0 N–H and O–H groups in total. The number of cyclic esters (lactones) is 1. The molecule has 0 aliphatic carbocycles. The highest BCUT2D eigenvalue weighted by atomic mass is 19.1. The van der Waals surface area contributed by atoms with Crippen molar-refractivity contribution in [3.8, 4) is 0 Å². The maximum atomic E-state index is 13.0. The molecule has 0 spiro atoms. The Morgan fingerprint density at radius 1 is 1.38 bits per heavy atom. The summed E-state index contributed by atoms with van der Waals surface area (Å²) in [5.74, 6) is -1.84. The van der Waals surface area contributed by atoms with Crippen LogP contribution in [0.25, 0.3) is 0 Å². The average Bonchev–Trinajstić information content (AvgIpc) is 2.79. The van der Waals surface area contributed by atoms with Gasteiger partial charge in [0, 0.05) is 10.8 Å². The molecular formula is C14H15FN2O4. The second kappa shape index (κ2) is 5.99. The van der Waals surface area contributed by atoms with Crippen molar-refractivity contribution in [1.29, 1.82) is 0 Å². The van der Waals surface area contributed by atoms with Crippen molar-refractivity contribution in [2.75, 3.05) is 6.54 Å². The number of hydrogen-bond acceptors (Lipinski definition) is 5. The Balaban J connectivity index is 2.31. The number of halogens is 1. The minimum Gasteiger partial charge on any atom is -0.434 e. The molecule has 0 saturated heterocycles. The van der Waals surface area contributed by atoms with Crippen LogP contribution in [0.4, 0.5) is 4.39 Å². The number of ether oxygens (including phenoxy) is 1. The van der Waals surface area contributed by atoms with Crippen molar-refractivity contribution >= 4 is 11.7 Å². The van der Waals surface area contributed by atoms with E-state index < -0.39 is 35.4 Å². The molecule has 1 aromatic carbocycles. The Morgan fingerprint density at radius 3 is 2.48 bits per heavy atom. The van der Waals surface area contributed by atoms with Gasteiger partial charge in [0.15, 0.2) is 0 Å². The Morgan fingerprint density at radius 2 is 2.00 bits per heavy atom. The molecule has 0 aromatic heterocycles. The maximum Gasteiger partial charge on any atom is 0.354 e. The molecule has 6 nitrogen and oxygen atoms in total. The fourth-order valence-electron chi connectivity index (χ4n) is 2.17. The summed E-state index contributed by atoms with van der Waals surface area (Å²) in [7, 11) is 0. The Kier molecular flexibility index (Phi) is 4.30. The van der Waals surface area contributed by atoms with Crippen molar-refractivity contribution in [3.63, 3.8) is 0 Å². The van der Waals surface area contributed by atoms with Crippen molar-refractivity contribution in [2.45, 2.75) is 26.0 Å². The van der Waals surface area contributed by atoms with E-state index in [2.05, 4.69) is 4.99 Å². The average molecular weight is 294 g/mol. The fourth-order valence-corrected chi connectivity index (χ4v) is 2.17. The third-order valence-electron chi connectivity index (χ3n) is 3.24. The van der Waals surface area contributed by atoms with Gasteiger partial charge in [-0.25, -0.2) is 14.2 Å². The molecule has 7 heteroatoms. The van der Waals surface area contributed by atoms with E-state index >= 15 is 0 Å². The smallest absolute Gasteiger partial charge is 0.354 e. The first-order chi connectivity index (χ1) is 9.88. The number of aliphatic imine (C=N–C) groups is 1. The van der Waals surface area contributed by atoms with E-state index in [4.69, 9.17) is 4.74 Å². The van der Waals surface area contributed by atoms with Gasteiger partial charge in [-0.05, 0) is 17.7 Å². The van der Waals surface area contributed by atoms with E-state index in [0.717, 1.165) is 0 Å². The summed E-state index contributed by atoms with van der Waals surface area (Å²) in [5, 5.41) is 10.8. The summed E-state index contributed by atoms with van der Waals surface area (Å²) in [6, 6.07) is 5.32. The molecule has 1 aliphatic rings. The first-order valence-electron chi connectivity index (χ1n) is 6.54. The lowest BCUT2D eigenvalue weighted by molar-refractivity contribution is -0.485. The van der Waals surface area contributed by atoms with Gasteiger partial charge in [0.25, 0.3) is 0 Å². The number of esters is 1. The van der Waals surface area contributed by atoms with Crippen LogP contribution in [0.5, 0.6) is 0 Å². The van der Waals surface area contributed by atoms with E-state index in [-0.39, 0.29) is 11.6 Å². The number of nitrogens with zero attached hydrogens (tertiary/aromatic N) is 2. The van der Waals surface area contributed by atoms with Gasteiger partial charge in [-0.15, -0.1) is 0 Å². The molecule has 1 aromatic rings. The van der Waals surface area contributed by atoms with Crippen molar-refractivity contribution in [2.24, 2.45) is 10.9 Å². The Labute approximate surface area is 120 Å². The van der Waals surface area contributed by atoms with Crippen LogP contribution in [0.15, 0.2) is 29.3 Å². The number of nitro groups is 1. The van der Waals surface area contributed by atoms with Crippen LogP contribution in [0.3, 0.4) is 0 Å². The Hall–Kier alpha value is -2.31. The minimum atomic E-state index is -0.939. The minimum absolute atomic E-state index is 0.119. The number of carbonyl (C=O) groups excluding carboxylic acids is 1. The van der Waals surface area contributed by atoms with E-state index in [1.807, 2.05) is 0 Å². The zero-order valence-electron chi connectivity index (χ0n) is 11.7. The molecular weight excluding hydrogens is 279 g/mol. The number of hydrogen-bond donors (Lipinski definition) is 0. The zero-order chi connectivity index (χ0) is 15.6. The SMILES string of the molecule is CC(C)C1=NC([C@@H](C[N+](=O)[O-])c2ccc(F)cc2)OC1=O. The summed E-state index contributed by atoms with van der Waals surface area (Å²) in [6.45, 7) is 3.14. The zero-order valence-corrected chi connectivity index (χ0v) is 11.7. The first-order valence-corrected chi connectivity index (χ1v) is 6.54. The summed E-state index contributed by atoms with van der Waals surface area (Å²) in [4.78, 5) is 26.2. The van der Waals surface area contributed by atoms with E-state index in [9.17, 15) is 19.3 Å². The van der Waals surface area contributed by atoms with Gasteiger partial charge in [0.2, 0.25) is 12.8 Å². The maximum absolute atomic E-state index is 13.0. The first kappa shape index (κ1) is 15.1. The summed E-state index contributed by atoms with van der Waals surface area (Å²) >= 11 is 0. The van der Waals surface area contributed by atoms with Crippen molar-refractivity contribution < 1.29 is 18.8 Å². The van der Waals surface area contributed by atoms with E-state index in [0.29, 0.717) is 5.56 Å². The highest BCUT2D eigenvalue weighted by Crippen LogP contribution is 2.28. The highest BCUT2D eigenvalue weighted by Gasteiger charge is 2.37. The van der Waals surface area contributed by atoms with Crippen LogP contribution >= 0.6 is 0 Å². The highest BCUT2D eigenvalue weighted by molar-refractivity contribution is 6.38. The van der Waals surface area contributed by atoms with Crippen LogP contribution < -0.4 is 0 Å². The second-order valence-corrected chi connectivity index (χ2v) is 5.14. The molecule has 0 bridgehead atoms. The molecule has 0 amide bonds. The monoisotopic (exact) mass is 294 g/mol. The molecule has 0 saturated carbocycles. The molecule has 1 aliphatic heterocycles. The van der Waals surface area contributed by atoms with Crippen LogP contribution in [-0.4, -0.2) is 29.4 Å². The topological polar surface area (TPSA) is 81.8 Å². The van der Waals surface area contributed by atoms with Crippen molar-refractivity contribution in [3.05, 3.63) is 45.8 Å². The molecule has 2 atom stereocenters. The van der Waals surface area contributed by atoms with Gasteiger partial charge in [-0.2, -0.15) is 0 Å². The van der Waals surface area contributed by atoms with Crippen molar-refractivity contribution in [1.82, 2.24) is 0 Å². The standard InChI is InChI=1S/C14H15FN2O4/c1-8(2)12-14(18)21-13(16-12)11(7-17(19)20)9-3-5-10(15)6-4-9/h3-6,8,11,13H,7H2,1-2H3/t11-,13?/m0/s1. The van der Waals surface area contributed by atoms with Crippen LogP contribution in [-0.2, 0) is 9.53 Å². The second-order valence-electron chi connectivity index (χ2n) is 5.14. The van der Waals surface area contributed by atoms with Crippen LogP contribution in [0.2, 0.25) is 0 Å². The lowest BCUT2D eigenvalue weighted by atomic mass is 9.97. The molecule has 0 fully saturated rings. The number of carbonyl (C=O) groups is 1. The normalized spacial score (nSPS) is 19.3. The largest absolute Gasteiger partial charge is 0.434 e. The summed E-state index contributed by atoms with van der Waals surface area (Å²) in [5.41, 5.74) is 0.787. The molecule has 1 heterocycles. The third kappa shape index (κ3) is 3.42. The van der Waals surface area contributed by atoms with Gasteiger partial charge in [0.05, 0.1) is 0 Å². The van der Waals surface area contributed by atoms with E-state index in [1.54, 1.807) is 13.8 Å². The Bertz CT molecular complexity index is 583. The summed E-state index contributed by atoms with van der Waals surface area (Å²) < 4.78 is 18.1. The molecule has 1 unspecified atom stereocenters. The van der Waals surface area contributed by atoms with Gasteiger partial charge < -0.3 is 4.74 Å². The third-order valence-corrected chi connectivity index (χ3v) is 3.24. The van der Waals surface area contributed by atoms with Gasteiger partial charge in [-0.1, -0.05) is 26.0 Å². The van der Waals surface area contributed by atoms with Crippen LogP contribution in [0.1, 0.15) is 25.3 Å². The molecule has 112 valence electrons. The predicted molar refractivity (Wildman–Crippen MR) is 73.2 cm³/mol. The molecule has 2 rings (SSSR count). The van der Waals surface area contributed by atoms with Crippen LogP contribution in [0, 0.1) is 21.8 Å². The lowest BCUT2D eigenvalue weighted by Gasteiger charge is -2.17. The summed E-state index contributed by atoms with van der Waals surface area (Å²) in [6.07, 6.45) is -0.939. The van der Waals surface area contributed by atoms with Gasteiger partial charge in [-0.3, -0.25) is 10.1 Å². The quantitative estimate of drug-likeness (QED) is 0.473. The van der Waals surface area contributed by atoms with Gasteiger partial charge in [0.1, 0.15) is 17.4 Å². The number of benzene rings is 1. The lowest BCUT2D eigenvalue weighted by Crippen LogP contribution is -2.25.